The number of imide groups is 1. The van der Waals surface area contributed by atoms with Crippen molar-refractivity contribution in [3.8, 4) is 5.75 Å². The third kappa shape index (κ3) is 2.90. The molecule has 5 heteroatoms. The molecule has 2 aromatic carbocycles. The van der Waals surface area contributed by atoms with Gasteiger partial charge in [0.1, 0.15) is 5.75 Å². The van der Waals surface area contributed by atoms with Crippen molar-refractivity contribution >= 4 is 23.5 Å². The van der Waals surface area contributed by atoms with Gasteiger partial charge in [-0.1, -0.05) is 37.5 Å². The van der Waals surface area contributed by atoms with Crippen LogP contribution in [0.25, 0.3) is 0 Å². The largest absolute Gasteiger partial charge is 0.426 e. The second-order valence-corrected chi connectivity index (χ2v) is 6.74. The molecule has 0 unspecified atom stereocenters. The first kappa shape index (κ1) is 16.5. The Hall–Kier alpha value is -2.95. The van der Waals surface area contributed by atoms with Crippen molar-refractivity contribution in [1.82, 2.24) is 0 Å². The van der Waals surface area contributed by atoms with E-state index in [2.05, 4.69) is 0 Å². The van der Waals surface area contributed by atoms with E-state index in [0.29, 0.717) is 22.6 Å². The fourth-order valence-corrected chi connectivity index (χ4v) is 3.65. The van der Waals surface area contributed by atoms with E-state index in [1.165, 1.54) is 6.42 Å². The summed E-state index contributed by atoms with van der Waals surface area (Å²) in [6.07, 6.45) is 4.98. The number of ether oxygens (including phenoxy) is 1. The maximum atomic E-state index is 12.6. The van der Waals surface area contributed by atoms with Crippen LogP contribution < -0.4 is 9.64 Å². The summed E-state index contributed by atoms with van der Waals surface area (Å²) in [5.41, 5.74) is 1.19. The Labute approximate surface area is 151 Å². The lowest BCUT2D eigenvalue weighted by molar-refractivity contribution is -0.139. The highest BCUT2D eigenvalue weighted by Gasteiger charge is 2.36. The summed E-state index contributed by atoms with van der Waals surface area (Å²) in [7, 11) is 0. The number of fused-ring (bicyclic) bond motifs is 1. The predicted octanol–water partition coefficient (Wildman–Crippen LogP) is 3.97. The molecule has 4 rings (SSSR count). The zero-order valence-corrected chi connectivity index (χ0v) is 14.3. The summed E-state index contributed by atoms with van der Waals surface area (Å²) < 4.78 is 5.51. The van der Waals surface area contributed by atoms with Crippen LogP contribution >= 0.6 is 0 Å². The highest BCUT2D eigenvalue weighted by Crippen LogP contribution is 2.31. The summed E-state index contributed by atoms with van der Waals surface area (Å²) in [6, 6.07) is 13.3. The lowest BCUT2D eigenvalue weighted by atomic mass is 9.89. The Morgan fingerprint density at radius 1 is 0.885 bits per heavy atom. The molecule has 2 amide bonds. The molecule has 0 N–H and O–H groups in total. The van der Waals surface area contributed by atoms with Crippen LogP contribution in [0.2, 0.25) is 0 Å². The SMILES string of the molecule is O=C(Oc1cccc(N2C(=O)c3ccccc3C2=O)c1)C1CCCCC1. The number of hydrogen-bond donors (Lipinski definition) is 0. The van der Waals surface area contributed by atoms with Crippen LogP contribution in [0.1, 0.15) is 52.8 Å². The van der Waals surface area contributed by atoms with Crippen molar-refractivity contribution in [3.05, 3.63) is 59.7 Å². The van der Waals surface area contributed by atoms with Crippen molar-refractivity contribution in [2.45, 2.75) is 32.1 Å². The van der Waals surface area contributed by atoms with Gasteiger partial charge < -0.3 is 4.74 Å². The summed E-state index contributed by atoms with van der Waals surface area (Å²) in [5.74, 6) is -0.659. The van der Waals surface area contributed by atoms with Crippen LogP contribution in [0.15, 0.2) is 48.5 Å². The Morgan fingerprint density at radius 3 is 2.19 bits per heavy atom. The van der Waals surface area contributed by atoms with Gasteiger partial charge in [-0.3, -0.25) is 14.4 Å². The third-order valence-corrected chi connectivity index (χ3v) is 5.03. The molecule has 0 spiro atoms. The van der Waals surface area contributed by atoms with Crippen molar-refractivity contribution in [2.24, 2.45) is 5.92 Å². The second-order valence-electron chi connectivity index (χ2n) is 6.74. The average Bonchev–Trinajstić information content (AvgIpc) is 2.94. The van der Waals surface area contributed by atoms with E-state index in [1.807, 2.05) is 0 Å². The number of rotatable bonds is 3. The fraction of sp³-hybridized carbons (Fsp3) is 0.286. The second kappa shape index (κ2) is 6.75. The zero-order chi connectivity index (χ0) is 18.1. The number of hydrogen-bond acceptors (Lipinski definition) is 4. The first-order chi connectivity index (χ1) is 12.6. The van der Waals surface area contributed by atoms with E-state index in [0.717, 1.165) is 30.6 Å². The van der Waals surface area contributed by atoms with Gasteiger partial charge in [0.25, 0.3) is 11.8 Å². The Balaban J connectivity index is 1.56. The van der Waals surface area contributed by atoms with Crippen LogP contribution in [0, 0.1) is 5.92 Å². The quantitative estimate of drug-likeness (QED) is 0.478. The van der Waals surface area contributed by atoms with E-state index >= 15 is 0 Å². The van der Waals surface area contributed by atoms with Crippen molar-refractivity contribution in [3.63, 3.8) is 0 Å². The minimum Gasteiger partial charge on any atom is -0.426 e. The topological polar surface area (TPSA) is 63.7 Å². The molecule has 5 nitrogen and oxygen atoms in total. The maximum Gasteiger partial charge on any atom is 0.314 e. The molecular formula is C21H19NO4. The van der Waals surface area contributed by atoms with Gasteiger partial charge in [-0.25, -0.2) is 4.90 Å². The molecular weight excluding hydrogens is 330 g/mol. The first-order valence-electron chi connectivity index (χ1n) is 8.95. The van der Waals surface area contributed by atoms with Crippen molar-refractivity contribution in [1.29, 1.82) is 0 Å². The Kier molecular flexibility index (Phi) is 4.29. The molecule has 1 saturated carbocycles. The summed E-state index contributed by atoms with van der Waals surface area (Å²) >= 11 is 0. The number of anilines is 1. The van der Waals surface area contributed by atoms with Gasteiger partial charge in [0.05, 0.1) is 22.7 Å². The molecule has 0 radical (unpaired) electrons. The molecule has 1 fully saturated rings. The average molecular weight is 349 g/mol. The summed E-state index contributed by atoms with van der Waals surface area (Å²) in [4.78, 5) is 38.6. The molecule has 1 aliphatic heterocycles. The van der Waals surface area contributed by atoms with Gasteiger partial charge in [-0.2, -0.15) is 0 Å². The number of carbonyl (C=O) groups excluding carboxylic acids is 3. The normalized spacial score (nSPS) is 17.3. The monoisotopic (exact) mass is 349 g/mol. The molecule has 1 aliphatic carbocycles. The molecule has 26 heavy (non-hydrogen) atoms. The third-order valence-electron chi connectivity index (χ3n) is 5.03. The van der Waals surface area contributed by atoms with Crippen LogP contribution in [-0.4, -0.2) is 17.8 Å². The predicted molar refractivity (Wildman–Crippen MR) is 96.2 cm³/mol. The molecule has 0 saturated heterocycles. The lowest BCUT2D eigenvalue weighted by Gasteiger charge is -2.20. The highest BCUT2D eigenvalue weighted by molar-refractivity contribution is 6.34. The fourth-order valence-electron chi connectivity index (χ4n) is 3.65. The number of carbonyl (C=O) groups is 3. The minimum atomic E-state index is -0.360. The molecule has 1 heterocycles. The van der Waals surface area contributed by atoms with Gasteiger partial charge in [0.15, 0.2) is 0 Å². The minimum absolute atomic E-state index is 0.0632. The summed E-state index contributed by atoms with van der Waals surface area (Å²) in [6.45, 7) is 0. The lowest BCUT2D eigenvalue weighted by Crippen LogP contribution is -2.29. The number of benzene rings is 2. The smallest absolute Gasteiger partial charge is 0.314 e. The standard InChI is InChI=1S/C21H19NO4/c23-19-17-11-4-5-12-18(17)20(24)22(19)15-9-6-10-16(13-15)26-21(25)14-7-2-1-3-8-14/h4-6,9-14H,1-3,7-8H2. The molecule has 132 valence electrons. The molecule has 2 aliphatic rings. The maximum absolute atomic E-state index is 12.6. The Morgan fingerprint density at radius 2 is 1.54 bits per heavy atom. The van der Waals surface area contributed by atoms with E-state index in [4.69, 9.17) is 4.74 Å². The number of esters is 1. The van der Waals surface area contributed by atoms with Gasteiger partial charge >= 0.3 is 5.97 Å². The molecule has 2 aromatic rings. The van der Waals surface area contributed by atoms with Crippen molar-refractivity contribution in [2.75, 3.05) is 4.90 Å². The molecule has 0 aromatic heterocycles. The van der Waals surface area contributed by atoms with E-state index < -0.39 is 0 Å². The Bertz CT molecular complexity index is 848. The summed E-state index contributed by atoms with van der Waals surface area (Å²) in [5, 5.41) is 0. The van der Waals surface area contributed by atoms with Crippen LogP contribution in [0.5, 0.6) is 5.75 Å². The van der Waals surface area contributed by atoms with Gasteiger partial charge in [-0.05, 0) is 37.1 Å². The van der Waals surface area contributed by atoms with E-state index in [1.54, 1.807) is 48.5 Å². The van der Waals surface area contributed by atoms with Gasteiger partial charge in [0.2, 0.25) is 0 Å². The van der Waals surface area contributed by atoms with Crippen LogP contribution in [0.4, 0.5) is 5.69 Å². The molecule has 0 atom stereocenters. The van der Waals surface area contributed by atoms with Crippen molar-refractivity contribution < 1.29 is 19.1 Å². The zero-order valence-electron chi connectivity index (χ0n) is 14.3. The van der Waals surface area contributed by atoms with Gasteiger partial charge in [-0.15, -0.1) is 0 Å². The number of nitrogens with zero attached hydrogens (tertiary/aromatic N) is 1. The molecule has 0 bridgehead atoms. The van der Waals surface area contributed by atoms with E-state index in [9.17, 15) is 14.4 Å². The number of amides is 2. The first-order valence-corrected chi connectivity index (χ1v) is 8.95. The van der Waals surface area contributed by atoms with Crippen LogP contribution in [0.3, 0.4) is 0 Å². The van der Waals surface area contributed by atoms with Crippen LogP contribution in [-0.2, 0) is 4.79 Å². The highest BCUT2D eigenvalue weighted by atomic mass is 16.5. The van der Waals surface area contributed by atoms with E-state index in [-0.39, 0.29) is 23.7 Å². The van der Waals surface area contributed by atoms with Gasteiger partial charge in [0, 0.05) is 6.07 Å².